The Kier molecular flexibility index (Phi) is 11.9. The fourth-order valence-corrected chi connectivity index (χ4v) is 8.19. The van der Waals surface area contributed by atoms with E-state index in [1.807, 2.05) is 32.0 Å². The standard InChI is InChI=1S/C42H54FN7O5/c1-27(2)36(50(41(54)55)42(3,4)5)38(51)45-32-15-17-33(18-16-32)49-39(52)35-24-31(43)25-44-37(35)48(40(49)53)34-10-7-9-30(23-34)29-13-11-28(12-14-29)26-47-20-8-19-46(6)21-22-47/h7,9-14,23-25,27,32-33,36H,8,15-22,26H2,1-6H3,(H,45,51)(H,54,55)/t32-,33+,36-/m1/s1. The number of carboxylic acid groups (broad SMARTS) is 1. The van der Waals surface area contributed by atoms with Crippen LogP contribution < -0.4 is 16.6 Å². The van der Waals surface area contributed by atoms with Gasteiger partial charge in [0, 0.05) is 37.3 Å². The number of aromatic nitrogens is 3. The molecule has 1 saturated heterocycles. The number of carbonyl (C=O) groups excluding carboxylic acids is 1. The average Bonchev–Trinajstić information content (AvgIpc) is 3.34. The van der Waals surface area contributed by atoms with Crippen molar-refractivity contribution in [3.63, 3.8) is 0 Å². The Labute approximate surface area is 321 Å². The molecule has 0 radical (unpaired) electrons. The van der Waals surface area contributed by atoms with E-state index in [-0.39, 0.29) is 28.9 Å². The van der Waals surface area contributed by atoms with Crippen molar-refractivity contribution in [2.24, 2.45) is 5.92 Å². The first-order valence-electron chi connectivity index (χ1n) is 19.4. The van der Waals surface area contributed by atoms with Crippen LogP contribution in [0.15, 0.2) is 70.4 Å². The maximum Gasteiger partial charge on any atom is 0.408 e. The molecule has 2 fully saturated rings. The number of fused-ring (bicyclic) bond motifs is 1. The first-order valence-corrected chi connectivity index (χ1v) is 19.4. The highest BCUT2D eigenvalue weighted by Crippen LogP contribution is 2.30. The van der Waals surface area contributed by atoms with Crippen LogP contribution in [-0.4, -0.2) is 96.8 Å². The van der Waals surface area contributed by atoms with Crippen molar-refractivity contribution < 1.29 is 19.1 Å². The first-order chi connectivity index (χ1) is 26.1. The topological polar surface area (TPSA) is 133 Å². The first kappa shape index (κ1) is 39.8. The smallest absolute Gasteiger partial charge is 0.408 e. The second-order valence-corrected chi connectivity index (χ2v) is 16.5. The minimum Gasteiger partial charge on any atom is -0.465 e. The van der Waals surface area contributed by atoms with Gasteiger partial charge in [-0.3, -0.25) is 24.0 Å². The van der Waals surface area contributed by atoms with Gasteiger partial charge in [0.2, 0.25) is 5.91 Å². The lowest BCUT2D eigenvalue weighted by atomic mass is 9.89. The number of rotatable bonds is 9. The normalized spacial score (nSPS) is 19.3. The number of nitrogens with zero attached hydrogens (tertiary/aromatic N) is 6. The van der Waals surface area contributed by atoms with Crippen molar-refractivity contribution in [1.29, 1.82) is 0 Å². The molecule has 13 heteroatoms. The molecule has 294 valence electrons. The molecule has 2 amide bonds. The minimum atomic E-state index is -1.17. The lowest BCUT2D eigenvalue weighted by molar-refractivity contribution is -0.130. The van der Waals surface area contributed by atoms with Gasteiger partial charge >= 0.3 is 11.8 Å². The van der Waals surface area contributed by atoms with Crippen LogP contribution in [0.2, 0.25) is 0 Å². The lowest BCUT2D eigenvalue weighted by Crippen LogP contribution is -2.60. The molecular weight excluding hydrogens is 702 g/mol. The van der Waals surface area contributed by atoms with Gasteiger partial charge in [-0.25, -0.2) is 23.5 Å². The van der Waals surface area contributed by atoms with Crippen molar-refractivity contribution in [1.82, 2.24) is 34.1 Å². The van der Waals surface area contributed by atoms with Crippen LogP contribution in [0.1, 0.15) is 78.3 Å². The van der Waals surface area contributed by atoms with Gasteiger partial charge in [0.25, 0.3) is 5.56 Å². The third-order valence-corrected chi connectivity index (χ3v) is 11.0. The lowest BCUT2D eigenvalue weighted by Gasteiger charge is -2.41. The van der Waals surface area contributed by atoms with Gasteiger partial charge in [0.1, 0.15) is 11.9 Å². The number of amides is 2. The van der Waals surface area contributed by atoms with E-state index in [9.17, 15) is 28.7 Å². The molecule has 12 nitrogen and oxygen atoms in total. The number of pyridine rings is 1. The molecule has 0 spiro atoms. The molecule has 2 aromatic heterocycles. The number of halogens is 1. The molecule has 1 aliphatic heterocycles. The molecule has 6 rings (SSSR count). The Morgan fingerprint density at radius 1 is 0.964 bits per heavy atom. The predicted molar refractivity (Wildman–Crippen MR) is 212 cm³/mol. The zero-order chi connectivity index (χ0) is 39.6. The highest BCUT2D eigenvalue weighted by molar-refractivity contribution is 5.86. The summed E-state index contributed by atoms with van der Waals surface area (Å²) >= 11 is 0. The molecule has 0 bridgehead atoms. The second kappa shape index (κ2) is 16.5. The second-order valence-electron chi connectivity index (χ2n) is 16.5. The zero-order valence-corrected chi connectivity index (χ0v) is 32.8. The molecule has 1 atom stereocenters. The van der Waals surface area contributed by atoms with Crippen LogP contribution in [0, 0.1) is 11.7 Å². The average molecular weight is 756 g/mol. The third kappa shape index (κ3) is 8.83. The molecule has 3 heterocycles. The van der Waals surface area contributed by atoms with Crippen LogP contribution in [0.4, 0.5) is 9.18 Å². The van der Waals surface area contributed by atoms with E-state index in [1.165, 1.54) is 19.6 Å². The predicted octanol–water partition coefficient (Wildman–Crippen LogP) is 5.89. The summed E-state index contributed by atoms with van der Waals surface area (Å²) in [6.45, 7) is 14.1. The largest absolute Gasteiger partial charge is 0.465 e. The Bertz CT molecular complexity index is 2130. The maximum atomic E-state index is 14.6. The van der Waals surface area contributed by atoms with Crippen molar-refractivity contribution in [2.45, 2.75) is 96.9 Å². The van der Waals surface area contributed by atoms with Gasteiger partial charge in [0.15, 0.2) is 5.65 Å². The molecule has 55 heavy (non-hydrogen) atoms. The Balaban J connectivity index is 1.25. The molecule has 2 N–H and O–H groups in total. The fraction of sp³-hybridized carbons (Fsp3) is 0.500. The summed E-state index contributed by atoms with van der Waals surface area (Å²) in [4.78, 5) is 64.4. The number of nitrogens with one attached hydrogen (secondary N) is 1. The van der Waals surface area contributed by atoms with Gasteiger partial charge in [-0.1, -0.05) is 50.2 Å². The van der Waals surface area contributed by atoms with E-state index in [2.05, 4.69) is 51.4 Å². The van der Waals surface area contributed by atoms with Crippen molar-refractivity contribution in [2.75, 3.05) is 33.2 Å². The summed E-state index contributed by atoms with van der Waals surface area (Å²) in [7, 11) is 2.16. The maximum absolute atomic E-state index is 14.6. The molecule has 4 aromatic rings. The van der Waals surface area contributed by atoms with E-state index in [0.29, 0.717) is 31.4 Å². The Morgan fingerprint density at radius 2 is 1.67 bits per heavy atom. The summed E-state index contributed by atoms with van der Waals surface area (Å²) < 4.78 is 17.2. The van der Waals surface area contributed by atoms with Crippen LogP contribution in [0.25, 0.3) is 27.8 Å². The summed E-state index contributed by atoms with van der Waals surface area (Å²) in [5, 5.41) is 13.0. The van der Waals surface area contributed by atoms with E-state index in [4.69, 9.17) is 0 Å². The molecule has 1 saturated carbocycles. The fourth-order valence-electron chi connectivity index (χ4n) is 8.19. The van der Waals surface area contributed by atoms with E-state index in [0.717, 1.165) is 62.5 Å². The number of hydrogen-bond acceptors (Lipinski definition) is 7. The summed E-state index contributed by atoms with van der Waals surface area (Å²) in [6, 6.07) is 15.4. The van der Waals surface area contributed by atoms with Crippen molar-refractivity contribution >= 4 is 23.0 Å². The summed E-state index contributed by atoms with van der Waals surface area (Å²) in [5.41, 5.74) is 1.68. The van der Waals surface area contributed by atoms with Crippen LogP contribution in [0.3, 0.4) is 0 Å². The molecular formula is C42H54FN7O5. The van der Waals surface area contributed by atoms with E-state index < -0.39 is 40.8 Å². The number of carbonyl (C=O) groups is 2. The molecule has 0 unspecified atom stereocenters. The van der Waals surface area contributed by atoms with Crippen molar-refractivity contribution in [3.05, 3.63) is 93.0 Å². The van der Waals surface area contributed by atoms with Gasteiger partial charge < -0.3 is 15.3 Å². The SMILES string of the molecule is CC(C)[C@H](C(=O)N[C@H]1CC[C@@H](n2c(=O)c3cc(F)cnc3n(-c3cccc(-c4ccc(CN5CCCN(C)CC5)cc4)c3)c2=O)CC1)N(C(=O)O)C(C)(C)C. The zero-order valence-electron chi connectivity index (χ0n) is 32.8. The van der Waals surface area contributed by atoms with E-state index >= 15 is 0 Å². The van der Waals surface area contributed by atoms with Gasteiger partial charge in [0.05, 0.1) is 17.3 Å². The van der Waals surface area contributed by atoms with Crippen LogP contribution in [-0.2, 0) is 11.3 Å². The highest BCUT2D eigenvalue weighted by atomic mass is 19.1. The Morgan fingerprint density at radius 3 is 2.33 bits per heavy atom. The Hall–Kier alpha value is -4.88. The van der Waals surface area contributed by atoms with Crippen LogP contribution in [0.5, 0.6) is 0 Å². The molecule has 2 aliphatic rings. The summed E-state index contributed by atoms with van der Waals surface area (Å²) in [5.74, 6) is -1.33. The monoisotopic (exact) mass is 755 g/mol. The number of benzene rings is 2. The van der Waals surface area contributed by atoms with Gasteiger partial charge in [-0.05, 0) is 114 Å². The summed E-state index contributed by atoms with van der Waals surface area (Å²) in [6.07, 6.45) is 2.74. The molecule has 1 aliphatic carbocycles. The highest BCUT2D eigenvalue weighted by Gasteiger charge is 2.40. The van der Waals surface area contributed by atoms with Crippen molar-refractivity contribution in [3.8, 4) is 16.8 Å². The minimum absolute atomic E-state index is 0.000191. The number of hydrogen-bond donors (Lipinski definition) is 2. The van der Waals surface area contributed by atoms with Gasteiger partial charge in [-0.2, -0.15) is 0 Å². The number of likely N-dealkylation sites (N-methyl/N-ethyl adjacent to an activating group) is 1. The van der Waals surface area contributed by atoms with Crippen LogP contribution >= 0.6 is 0 Å². The van der Waals surface area contributed by atoms with E-state index in [1.54, 1.807) is 26.8 Å². The third-order valence-electron chi connectivity index (χ3n) is 11.0. The quantitative estimate of drug-likeness (QED) is 0.216. The van der Waals surface area contributed by atoms with Gasteiger partial charge in [-0.15, -0.1) is 0 Å². The molecule has 2 aromatic carbocycles.